The number of carbonyl (C=O) groups is 1. The summed E-state index contributed by atoms with van der Waals surface area (Å²) in [6.07, 6.45) is 0. The number of aliphatic carboxylic acids is 1. The molecule has 0 saturated carbocycles. The molecule has 0 amide bonds. The first-order chi connectivity index (χ1) is 4.79. The summed E-state index contributed by atoms with van der Waals surface area (Å²) in [4.78, 5) is 10.6. The molecular formula is C6H10N2O2. The van der Waals surface area contributed by atoms with E-state index in [4.69, 9.17) is 5.11 Å². The van der Waals surface area contributed by atoms with Crippen molar-refractivity contribution in [1.82, 2.24) is 10.6 Å². The van der Waals surface area contributed by atoms with Gasteiger partial charge in [0.15, 0.2) is 0 Å². The normalized spacial score (nSPS) is 38.8. The van der Waals surface area contributed by atoms with E-state index in [1.807, 2.05) is 0 Å². The number of nitrogens with one attached hydrogen (secondary N) is 2. The van der Waals surface area contributed by atoms with Gasteiger partial charge in [-0.05, 0) is 0 Å². The highest BCUT2D eigenvalue weighted by Crippen LogP contribution is 2.21. The van der Waals surface area contributed by atoms with E-state index in [0.29, 0.717) is 0 Å². The number of rotatable bonds is 3. The van der Waals surface area contributed by atoms with Crippen LogP contribution in [0.1, 0.15) is 0 Å². The van der Waals surface area contributed by atoms with Gasteiger partial charge in [0, 0.05) is 25.2 Å². The molecule has 2 saturated heterocycles. The van der Waals surface area contributed by atoms with Gasteiger partial charge in [-0.15, -0.1) is 0 Å². The summed E-state index contributed by atoms with van der Waals surface area (Å²) in [6.45, 7) is 1.74. The van der Waals surface area contributed by atoms with Gasteiger partial charge < -0.3 is 15.7 Å². The van der Waals surface area contributed by atoms with E-state index in [0.717, 1.165) is 13.1 Å². The number of hydrogen-bond acceptors (Lipinski definition) is 3. The number of carboxylic acid groups (broad SMARTS) is 1. The van der Waals surface area contributed by atoms with Gasteiger partial charge in [0.05, 0.1) is 5.92 Å². The van der Waals surface area contributed by atoms with Gasteiger partial charge in [-0.3, -0.25) is 4.79 Å². The third-order valence-electron chi connectivity index (χ3n) is 2.03. The van der Waals surface area contributed by atoms with Gasteiger partial charge in [0.1, 0.15) is 0 Å². The second-order valence-electron chi connectivity index (χ2n) is 2.89. The molecule has 0 aliphatic carbocycles. The number of hydrogen-bond donors (Lipinski definition) is 3. The van der Waals surface area contributed by atoms with Gasteiger partial charge in [-0.25, -0.2) is 0 Å². The third kappa shape index (κ3) is 0.998. The van der Waals surface area contributed by atoms with Gasteiger partial charge in [-0.1, -0.05) is 0 Å². The summed E-state index contributed by atoms with van der Waals surface area (Å²) in [6, 6.07) is 0.468. The summed E-state index contributed by atoms with van der Waals surface area (Å²) in [5.74, 6) is -0.870. The van der Waals surface area contributed by atoms with Crippen LogP contribution in [0.4, 0.5) is 0 Å². The summed E-state index contributed by atoms with van der Waals surface area (Å²) in [7, 11) is 0. The summed E-state index contributed by atoms with van der Waals surface area (Å²) in [5.41, 5.74) is 0. The maximum Gasteiger partial charge on any atom is 0.309 e. The topological polar surface area (TPSA) is 81.2 Å². The van der Waals surface area contributed by atoms with Gasteiger partial charge in [0.2, 0.25) is 0 Å². The summed E-state index contributed by atoms with van der Waals surface area (Å²) >= 11 is 0. The Morgan fingerprint density at radius 1 is 1.40 bits per heavy atom. The average Bonchev–Trinajstić information content (AvgIpc) is 2.49. The van der Waals surface area contributed by atoms with Crippen molar-refractivity contribution in [2.24, 2.45) is 5.92 Å². The molecular weight excluding hydrogens is 132 g/mol. The largest absolute Gasteiger partial charge is 0.481 e. The molecule has 2 aliphatic rings. The van der Waals surface area contributed by atoms with Gasteiger partial charge in [0.25, 0.3) is 0 Å². The fourth-order valence-corrected chi connectivity index (χ4v) is 1.27. The van der Waals surface area contributed by atoms with Crippen molar-refractivity contribution in [3.05, 3.63) is 0 Å². The average molecular weight is 142 g/mol. The van der Waals surface area contributed by atoms with E-state index in [2.05, 4.69) is 10.6 Å². The van der Waals surface area contributed by atoms with Crippen molar-refractivity contribution in [3.8, 4) is 0 Å². The van der Waals surface area contributed by atoms with Crippen molar-refractivity contribution < 1.29 is 9.90 Å². The van der Waals surface area contributed by atoms with Crippen LogP contribution in [0.5, 0.6) is 0 Å². The second kappa shape index (κ2) is 1.93. The minimum absolute atomic E-state index is 0.194. The van der Waals surface area contributed by atoms with Crippen LogP contribution >= 0.6 is 0 Å². The Hall–Kier alpha value is -0.610. The molecule has 2 rings (SSSR count). The zero-order chi connectivity index (χ0) is 7.14. The molecule has 10 heavy (non-hydrogen) atoms. The Bertz CT molecular complexity index is 151. The molecule has 56 valence electrons. The molecule has 2 unspecified atom stereocenters. The smallest absolute Gasteiger partial charge is 0.309 e. The molecule has 4 heteroatoms. The fraction of sp³-hybridized carbons (Fsp3) is 0.833. The van der Waals surface area contributed by atoms with E-state index < -0.39 is 5.97 Å². The molecule has 2 heterocycles. The molecule has 2 aliphatic heterocycles. The van der Waals surface area contributed by atoms with Crippen LogP contribution in [0.3, 0.4) is 0 Å². The van der Waals surface area contributed by atoms with E-state index in [1.54, 1.807) is 0 Å². The highest BCUT2D eigenvalue weighted by molar-refractivity contribution is 5.73. The maximum atomic E-state index is 10.6. The summed E-state index contributed by atoms with van der Waals surface area (Å²) < 4.78 is 0. The van der Waals surface area contributed by atoms with Crippen LogP contribution in [0.25, 0.3) is 0 Å². The molecule has 2 atom stereocenters. The van der Waals surface area contributed by atoms with Crippen LogP contribution in [-0.2, 0) is 4.79 Å². The zero-order valence-electron chi connectivity index (χ0n) is 5.50. The first-order valence-electron chi connectivity index (χ1n) is 3.48. The van der Waals surface area contributed by atoms with Crippen molar-refractivity contribution in [1.29, 1.82) is 0 Å². The van der Waals surface area contributed by atoms with Crippen LogP contribution in [0, 0.1) is 5.92 Å². The molecule has 0 aromatic heterocycles. The van der Waals surface area contributed by atoms with E-state index in [1.165, 1.54) is 0 Å². The van der Waals surface area contributed by atoms with Crippen molar-refractivity contribution in [2.75, 3.05) is 13.1 Å². The van der Waals surface area contributed by atoms with Crippen molar-refractivity contribution in [2.45, 2.75) is 12.1 Å². The lowest BCUT2D eigenvalue weighted by Gasteiger charge is -2.05. The van der Waals surface area contributed by atoms with Gasteiger partial charge >= 0.3 is 5.97 Å². The standard InChI is InChI=1S/C6H10N2O2/c9-6(10)5(3-1-7-3)4-2-8-4/h3-5,7-8H,1-2H2,(H,9,10). The van der Waals surface area contributed by atoms with Gasteiger partial charge in [-0.2, -0.15) is 0 Å². The maximum absolute atomic E-state index is 10.6. The molecule has 0 aromatic rings. The Balaban J connectivity index is 1.98. The van der Waals surface area contributed by atoms with E-state index in [-0.39, 0.29) is 18.0 Å². The minimum atomic E-state index is -0.676. The first kappa shape index (κ1) is 6.12. The van der Waals surface area contributed by atoms with E-state index in [9.17, 15) is 4.79 Å². The molecule has 0 spiro atoms. The van der Waals surface area contributed by atoms with Crippen LogP contribution in [0.15, 0.2) is 0 Å². The predicted molar refractivity (Wildman–Crippen MR) is 34.7 cm³/mol. The monoisotopic (exact) mass is 142 g/mol. The van der Waals surface area contributed by atoms with Crippen molar-refractivity contribution >= 4 is 5.97 Å². The highest BCUT2D eigenvalue weighted by Gasteiger charge is 2.45. The Morgan fingerprint density at radius 2 is 1.80 bits per heavy atom. The molecule has 3 N–H and O–H groups in total. The lowest BCUT2D eigenvalue weighted by Crippen LogP contribution is -2.28. The predicted octanol–water partition coefficient (Wildman–Crippen LogP) is -1.37. The quantitative estimate of drug-likeness (QED) is 0.425. The lowest BCUT2D eigenvalue weighted by molar-refractivity contribution is -0.141. The number of carboxylic acids is 1. The third-order valence-corrected chi connectivity index (χ3v) is 2.03. The van der Waals surface area contributed by atoms with Crippen LogP contribution < -0.4 is 10.6 Å². The second-order valence-corrected chi connectivity index (χ2v) is 2.89. The minimum Gasteiger partial charge on any atom is -0.481 e. The highest BCUT2D eigenvalue weighted by atomic mass is 16.4. The van der Waals surface area contributed by atoms with Crippen molar-refractivity contribution in [3.63, 3.8) is 0 Å². The summed E-state index contributed by atoms with van der Waals surface area (Å²) in [5, 5.41) is 14.7. The fourth-order valence-electron chi connectivity index (χ4n) is 1.27. The Morgan fingerprint density at radius 3 is 2.00 bits per heavy atom. The first-order valence-corrected chi connectivity index (χ1v) is 3.48. The van der Waals surface area contributed by atoms with E-state index >= 15 is 0 Å². The molecule has 0 bridgehead atoms. The molecule has 2 fully saturated rings. The molecule has 4 nitrogen and oxygen atoms in total. The SMILES string of the molecule is O=C(O)C(C1CN1)C1CN1. The van der Waals surface area contributed by atoms with Crippen LogP contribution in [-0.4, -0.2) is 36.2 Å². The lowest BCUT2D eigenvalue weighted by atomic mass is 10.0. The molecule has 0 radical (unpaired) electrons. The zero-order valence-corrected chi connectivity index (χ0v) is 5.50. The Kier molecular flexibility index (Phi) is 1.18. The molecule has 0 aromatic carbocycles. The Labute approximate surface area is 58.6 Å². The van der Waals surface area contributed by atoms with Crippen LogP contribution in [0.2, 0.25) is 0 Å².